The summed E-state index contributed by atoms with van der Waals surface area (Å²) < 4.78 is 47.2. The van der Waals surface area contributed by atoms with E-state index < -0.39 is 48.8 Å². The Morgan fingerprint density at radius 1 is 1.18 bits per heavy atom. The molecular formula is C28H40F3N13O6. The zero-order valence-corrected chi connectivity index (χ0v) is 27.6. The molecular weight excluding hydrogens is 671 g/mol. The highest BCUT2D eigenvalue weighted by atomic mass is 19.4. The SMILES string of the molecule is CCC(CC)Nc1nc(N2CC[C@@H](N(OC(=O)C(F)(F)F)C(=O)NC3CCNC3)C2)nc2c1ncn2[C@@H]1O[C@H](c2nnn(CC)n2)[C@@H](O)[C@H]1O. The highest BCUT2D eigenvalue weighted by molar-refractivity contribution is 5.85. The summed E-state index contributed by atoms with van der Waals surface area (Å²) in [6.07, 6.45) is -6.87. The van der Waals surface area contributed by atoms with Crippen LogP contribution in [-0.4, -0.2) is 130 Å². The van der Waals surface area contributed by atoms with Crippen LogP contribution in [0.3, 0.4) is 0 Å². The predicted molar refractivity (Wildman–Crippen MR) is 166 cm³/mol. The summed E-state index contributed by atoms with van der Waals surface area (Å²) in [4.78, 5) is 46.6. The number of anilines is 2. The fourth-order valence-corrected chi connectivity index (χ4v) is 6.18. The molecule has 6 rings (SSSR count). The van der Waals surface area contributed by atoms with Crippen molar-refractivity contribution in [3.05, 3.63) is 12.2 Å². The topological polar surface area (TPSA) is 223 Å². The van der Waals surface area contributed by atoms with E-state index in [2.05, 4.69) is 41.2 Å². The van der Waals surface area contributed by atoms with Crippen LogP contribution < -0.4 is 20.9 Å². The standard InChI is InChI=1S/C28H40F3N13O6/c1-4-14(5-2)34-21-17-23(42(13-33-17)24-19(46)18(45)20(49-24)22-38-40-43(6-3)39-22)37-26(36-21)41-10-8-16(12-41)44(50-25(47)28(29,30)31)27(48)35-15-7-9-32-11-15/h13-16,18-20,24,32,45-46H,4-12H2,1-3H3,(H,35,48)(H,34,36,37)/t15?,16-,18+,19-,20+,24-/m1/s1. The number of fused-ring (bicyclic) bond motifs is 1. The van der Waals surface area contributed by atoms with Crippen molar-refractivity contribution in [3.63, 3.8) is 0 Å². The summed E-state index contributed by atoms with van der Waals surface area (Å²) in [6, 6.07) is -2.30. The normalized spacial score (nSPS) is 25.5. The van der Waals surface area contributed by atoms with Crippen LogP contribution in [-0.2, 0) is 20.9 Å². The lowest BCUT2D eigenvalue weighted by Crippen LogP contribution is -2.52. The third-order valence-electron chi connectivity index (χ3n) is 9.03. The Hall–Kier alpha value is -4.41. The average Bonchev–Trinajstić information content (AvgIpc) is 3.94. The van der Waals surface area contributed by atoms with Gasteiger partial charge in [-0.15, -0.1) is 15.3 Å². The first-order valence-corrected chi connectivity index (χ1v) is 16.6. The van der Waals surface area contributed by atoms with Crippen molar-refractivity contribution in [2.45, 2.75) is 102 Å². The maximum absolute atomic E-state index is 13.2. The molecule has 0 radical (unpaired) electrons. The van der Waals surface area contributed by atoms with Gasteiger partial charge in [-0.1, -0.05) is 13.8 Å². The largest absolute Gasteiger partial charge is 0.493 e. The summed E-state index contributed by atoms with van der Waals surface area (Å²) in [5.41, 5.74) is 0.561. The summed E-state index contributed by atoms with van der Waals surface area (Å²) >= 11 is 0. The van der Waals surface area contributed by atoms with Gasteiger partial charge in [0, 0.05) is 31.7 Å². The van der Waals surface area contributed by atoms with E-state index in [1.807, 2.05) is 20.8 Å². The predicted octanol–water partition coefficient (Wildman–Crippen LogP) is 0.398. The summed E-state index contributed by atoms with van der Waals surface area (Å²) in [6.45, 7) is 7.40. The number of amides is 2. The van der Waals surface area contributed by atoms with Crippen molar-refractivity contribution in [2.24, 2.45) is 0 Å². The number of nitrogens with one attached hydrogen (secondary N) is 3. The van der Waals surface area contributed by atoms with Crippen LogP contribution in [0.25, 0.3) is 11.2 Å². The number of hydrogen-bond acceptors (Lipinski definition) is 15. The Kier molecular flexibility index (Phi) is 10.2. The number of halogens is 3. The van der Waals surface area contributed by atoms with Crippen LogP contribution in [0.5, 0.6) is 0 Å². The number of alkyl halides is 3. The highest BCUT2D eigenvalue weighted by Crippen LogP contribution is 2.39. The maximum atomic E-state index is 13.2. The molecule has 3 aliphatic heterocycles. The molecule has 0 aromatic carbocycles. The van der Waals surface area contributed by atoms with Gasteiger partial charge in [0.1, 0.15) is 12.2 Å². The Morgan fingerprint density at radius 3 is 2.62 bits per heavy atom. The molecule has 0 saturated carbocycles. The molecule has 0 spiro atoms. The number of imidazole rings is 1. The number of nitrogens with zero attached hydrogens (tertiary/aromatic N) is 10. The number of aromatic nitrogens is 8. The molecule has 5 N–H and O–H groups in total. The third-order valence-corrected chi connectivity index (χ3v) is 9.03. The van der Waals surface area contributed by atoms with E-state index in [9.17, 15) is 33.0 Å². The number of carbonyl (C=O) groups is 2. The number of aryl methyl sites for hydroxylation is 1. The summed E-state index contributed by atoms with van der Waals surface area (Å²) in [5.74, 6) is -1.94. The van der Waals surface area contributed by atoms with Crippen LogP contribution in [0.2, 0.25) is 0 Å². The Balaban J connectivity index is 1.31. The monoisotopic (exact) mass is 711 g/mol. The minimum Gasteiger partial charge on any atom is -0.387 e. The number of hydrogen-bond donors (Lipinski definition) is 5. The molecule has 1 unspecified atom stereocenters. The Bertz CT molecular complexity index is 1660. The summed E-state index contributed by atoms with van der Waals surface area (Å²) in [7, 11) is 0. The van der Waals surface area contributed by atoms with E-state index >= 15 is 0 Å². The molecule has 22 heteroatoms. The van der Waals surface area contributed by atoms with Crippen molar-refractivity contribution in [2.75, 3.05) is 36.4 Å². The van der Waals surface area contributed by atoms with E-state index in [1.165, 1.54) is 15.7 Å². The highest BCUT2D eigenvalue weighted by Gasteiger charge is 2.48. The van der Waals surface area contributed by atoms with E-state index in [1.54, 1.807) is 4.90 Å². The molecule has 19 nitrogen and oxygen atoms in total. The molecule has 3 aromatic heterocycles. The first-order chi connectivity index (χ1) is 23.9. The molecule has 3 aromatic rings. The van der Waals surface area contributed by atoms with E-state index in [0.29, 0.717) is 42.5 Å². The van der Waals surface area contributed by atoms with Gasteiger partial charge in [0.25, 0.3) is 0 Å². The van der Waals surface area contributed by atoms with Crippen molar-refractivity contribution in [3.8, 4) is 0 Å². The Labute approximate surface area is 283 Å². The van der Waals surface area contributed by atoms with E-state index in [0.717, 1.165) is 12.8 Å². The zero-order chi connectivity index (χ0) is 35.7. The van der Waals surface area contributed by atoms with Gasteiger partial charge >= 0.3 is 18.2 Å². The average molecular weight is 712 g/mol. The molecule has 3 aliphatic rings. The minimum absolute atomic E-state index is 0.00440. The molecule has 274 valence electrons. The number of rotatable bonds is 10. The van der Waals surface area contributed by atoms with Crippen molar-refractivity contribution in [1.82, 2.24) is 55.4 Å². The molecule has 3 saturated heterocycles. The van der Waals surface area contributed by atoms with Gasteiger partial charge in [-0.3, -0.25) is 4.57 Å². The first-order valence-electron chi connectivity index (χ1n) is 16.6. The number of hydroxylamine groups is 2. The van der Waals surface area contributed by atoms with Crippen LogP contribution in [0, 0.1) is 0 Å². The molecule has 6 atom stereocenters. The van der Waals surface area contributed by atoms with Crippen LogP contribution in [0.15, 0.2) is 6.33 Å². The third kappa shape index (κ3) is 7.09. The van der Waals surface area contributed by atoms with Crippen molar-refractivity contribution in [1.29, 1.82) is 0 Å². The van der Waals surface area contributed by atoms with Crippen LogP contribution in [0.4, 0.5) is 29.7 Å². The zero-order valence-electron chi connectivity index (χ0n) is 27.6. The minimum atomic E-state index is -5.32. The fourth-order valence-electron chi connectivity index (χ4n) is 6.18. The maximum Gasteiger partial charge on any atom is 0.493 e. The Morgan fingerprint density at radius 2 is 1.96 bits per heavy atom. The number of tetrazole rings is 1. The molecule has 0 bridgehead atoms. The first kappa shape index (κ1) is 35.4. The van der Waals surface area contributed by atoms with Gasteiger partial charge in [-0.2, -0.15) is 27.9 Å². The van der Waals surface area contributed by atoms with E-state index in [-0.39, 0.29) is 49.0 Å². The van der Waals surface area contributed by atoms with Crippen LogP contribution in [0.1, 0.15) is 64.6 Å². The summed E-state index contributed by atoms with van der Waals surface area (Å²) in [5, 5.41) is 43.6. The molecule has 6 heterocycles. The quantitative estimate of drug-likeness (QED) is 0.180. The molecule has 2 amide bonds. The van der Waals surface area contributed by atoms with Gasteiger partial charge in [0.05, 0.1) is 18.9 Å². The second kappa shape index (κ2) is 14.4. The lowest BCUT2D eigenvalue weighted by atomic mass is 10.1. The molecule has 3 fully saturated rings. The lowest BCUT2D eigenvalue weighted by molar-refractivity contribution is -0.232. The smallest absolute Gasteiger partial charge is 0.387 e. The van der Waals surface area contributed by atoms with Gasteiger partial charge in [-0.25, -0.2) is 14.6 Å². The number of aliphatic hydroxyl groups is 2. The number of aliphatic hydroxyl groups excluding tert-OH is 2. The van der Waals surface area contributed by atoms with Crippen LogP contribution >= 0.6 is 0 Å². The van der Waals surface area contributed by atoms with Crippen molar-refractivity contribution >= 4 is 34.9 Å². The van der Waals surface area contributed by atoms with Gasteiger partial charge < -0.3 is 40.6 Å². The van der Waals surface area contributed by atoms with Crippen molar-refractivity contribution < 1.29 is 42.5 Å². The molecule has 50 heavy (non-hydrogen) atoms. The molecule has 0 aliphatic carbocycles. The van der Waals surface area contributed by atoms with Gasteiger partial charge in [0.15, 0.2) is 29.3 Å². The second-order valence-electron chi connectivity index (χ2n) is 12.3. The number of urea groups is 1. The fraction of sp³-hybridized carbons (Fsp3) is 0.714. The van der Waals surface area contributed by atoms with Gasteiger partial charge in [0.2, 0.25) is 11.8 Å². The number of ether oxygens (including phenoxy) is 1. The number of carbonyl (C=O) groups excluding carboxylic acids is 2. The van der Waals surface area contributed by atoms with Gasteiger partial charge in [-0.05, 0) is 44.4 Å². The second-order valence-corrected chi connectivity index (χ2v) is 12.3. The lowest BCUT2D eigenvalue weighted by Gasteiger charge is -2.28. The van der Waals surface area contributed by atoms with E-state index in [4.69, 9.17) is 14.7 Å².